The lowest BCUT2D eigenvalue weighted by Gasteiger charge is -2.09. The molecule has 0 unspecified atom stereocenters. The molecule has 28 heavy (non-hydrogen) atoms. The van der Waals surface area contributed by atoms with Gasteiger partial charge in [0, 0.05) is 26.3 Å². The van der Waals surface area contributed by atoms with E-state index in [0.29, 0.717) is 22.9 Å². The third-order valence-corrected chi connectivity index (χ3v) is 5.24. The summed E-state index contributed by atoms with van der Waals surface area (Å²) in [6, 6.07) is 14.7. The smallest absolute Gasteiger partial charge is 0.257 e. The van der Waals surface area contributed by atoms with Crippen LogP contribution in [-0.4, -0.2) is 17.7 Å². The summed E-state index contributed by atoms with van der Waals surface area (Å²) in [5.41, 5.74) is 2.39. The summed E-state index contributed by atoms with van der Waals surface area (Å²) in [6.45, 7) is 4.23. The Balaban J connectivity index is 0.00000109. The van der Waals surface area contributed by atoms with Crippen LogP contribution in [0.3, 0.4) is 0 Å². The molecule has 0 saturated heterocycles. The maximum absolute atomic E-state index is 12.4. The van der Waals surface area contributed by atoms with Crippen LogP contribution >= 0.6 is 31.9 Å². The van der Waals surface area contributed by atoms with Gasteiger partial charge in [-0.15, -0.1) is 0 Å². The van der Waals surface area contributed by atoms with Gasteiger partial charge in [0.15, 0.2) is 11.5 Å². The van der Waals surface area contributed by atoms with E-state index in [1.54, 1.807) is 18.3 Å². The van der Waals surface area contributed by atoms with Crippen LogP contribution < -0.4 is 14.8 Å². The first-order valence-corrected chi connectivity index (χ1v) is 10.3. The fourth-order valence-corrected chi connectivity index (χ4v) is 3.61. The Morgan fingerprint density at radius 2 is 1.71 bits per heavy atom. The summed E-state index contributed by atoms with van der Waals surface area (Å²) >= 11 is 6.92. The summed E-state index contributed by atoms with van der Waals surface area (Å²) in [5.74, 6) is 1.67. The van der Waals surface area contributed by atoms with E-state index < -0.39 is 0 Å². The van der Waals surface area contributed by atoms with E-state index >= 15 is 0 Å². The molecule has 5 nitrogen and oxygen atoms in total. The number of benzene rings is 2. The van der Waals surface area contributed by atoms with E-state index in [1.165, 1.54) is 0 Å². The SMILES string of the molecule is CC.O=C(Nc1ccc(-c2cc3c(cc2Br)OCO3)cn1)c1ccccc1Br. The second-order valence-corrected chi connectivity index (χ2v) is 7.26. The molecule has 144 valence electrons. The van der Waals surface area contributed by atoms with Crippen LogP contribution in [0.2, 0.25) is 0 Å². The highest BCUT2D eigenvalue weighted by molar-refractivity contribution is 9.10. The predicted octanol–water partition coefficient (Wildman–Crippen LogP) is 6.28. The molecule has 0 aliphatic carbocycles. The summed E-state index contributed by atoms with van der Waals surface area (Å²) in [6.07, 6.45) is 1.71. The third-order valence-electron chi connectivity index (χ3n) is 3.90. The second-order valence-electron chi connectivity index (χ2n) is 5.55. The first-order valence-electron chi connectivity index (χ1n) is 8.73. The van der Waals surface area contributed by atoms with Crippen LogP contribution in [-0.2, 0) is 0 Å². The third kappa shape index (κ3) is 4.36. The number of anilines is 1. The van der Waals surface area contributed by atoms with Crippen LogP contribution in [0.1, 0.15) is 24.2 Å². The zero-order valence-corrected chi connectivity index (χ0v) is 18.5. The van der Waals surface area contributed by atoms with Crippen molar-refractivity contribution in [2.24, 2.45) is 0 Å². The number of amides is 1. The van der Waals surface area contributed by atoms with Gasteiger partial charge in [0.2, 0.25) is 6.79 Å². The van der Waals surface area contributed by atoms with Crippen molar-refractivity contribution < 1.29 is 14.3 Å². The van der Waals surface area contributed by atoms with Crippen molar-refractivity contribution in [2.45, 2.75) is 13.8 Å². The van der Waals surface area contributed by atoms with E-state index in [2.05, 4.69) is 42.2 Å². The number of pyridine rings is 1. The highest BCUT2D eigenvalue weighted by Gasteiger charge is 2.17. The van der Waals surface area contributed by atoms with Crippen molar-refractivity contribution in [1.82, 2.24) is 4.98 Å². The van der Waals surface area contributed by atoms with E-state index in [4.69, 9.17) is 9.47 Å². The number of hydrogen-bond acceptors (Lipinski definition) is 4. The number of fused-ring (bicyclic) bond motifs is 1. The number of nitrogens with one attached hydrogen (secondary N) is 1. The molecule has 2 heterocycles. The average Bonchev–Trinajstić information content (AvgIpc) is 3.17. The minimum Gasteiger partial charge on any atom is -0.454 e. The highest BCUT2D eigenvalue weighted by Crippen LogP contribution is 2.41. The molecule has 1 N–H and O–H groups in total. The average molecular weight is 506 g/mol. The van der Waals surface area contributed by atoms with Crippen molar-refractivity contribution >= 4 is 43.6 Å². The van der Waals surface area contributed by atoms with Gasteiger partial charge in [0.25, 0.3) is 5.91 Å². The van der Waals surface area contributed by atoms with Crippen LogP contribution in [0.25, 0.3) is 11.1 Å². The first kappa shape index (κ1) is 20.4. The fraction of sp³-hybridized carbons (Fsp3) is 0.143. The molecule has 3 aromatic rings. The molecule has 1 aromatic heterocycles. The molecule has 0 saturated carbocycles. The number of hydrogen-bond donors (Lipinski definition) is 1. The number of aromatic nitrogens is 1. The Morgan fingerprint density at radius 1 is 1.00 bits per heavy atom. The maximum Gasteiger partial charge on any atom is 0.257 e. The number of rotatable bonds is 3. The lowest BCUT2D eigenvalue weighted by atomic mass is 10.1. The van der Waals surface area contributed by atoms with Crippen molar-refractivity contribution in [3.63, 3.8) is 0 Å². The van der Waals surface area contributed by atoms with Crippen LogP contribution in [0.15, 0.2) is 63.7 Å². The molecule has 7 heteroatoms. The fourth-order valence-electron chi connectivity index (χ4n) is 2.59. The summed E-state index contributed by atoms with van der Waals surface area (Å²) in [7, 11) is 0. The van der Waals surface area contributed by atoms with Crippen LogP contribution in [0, 0.1) is 0 Å². The van der Waals surface area contributed by atoms with E-state index in [-0.39, 0.29) is 12.7 Å². The lowest BCUT2D eigenvalue weighted by Crippen LogP contribution is -2.13. The molecule has 0 atom stereocenters. The Morgan fingerprint density at radius 3 is 2.39 bits per heavy atom. The quantitative estimate of drug-likeness (QED) is 0.455. The molecular formula is C21H18Br2N2O3. The Bertz CT molecular complexity index is 991. The van der Waals surface area contributed by atoms with Gasteiger partial charge in [0.05, 0.1) is 5.56 Å². The second kappa shape index (κ2) is 9.21. The van der Waals surface area contributed by atoms with Gasteiger partial charge in [-0.2, -0.15) is 0 Å². The minimum atomic E-state index is -0.220. The predicted molar refractivity (Wildman–Crippen MR) is 117 cm³/mol. The molecule has 0 fully saturated rings. The summed E-state index contributed by atoms with van der Waals surface area (Å²) in [5, 5.41) is 2.80. The van der Waals surface area contributed by atoms with E-state index in [1.807, 2.05) is 50.2 Å². The topological polar surface area (TPSA) is 60.5 Å². The number of carbonyl (C=O) groups is 1. The van der Waals surface area contributed by atoms with Crippen molar-refractivity contribution in [1.29, 1.82) is 0 Å². The van der Waals surface area contributed by atoms with Crippen LogP contribution in [0.4, 0.5) is 5.82 Å². The zero-order chi connectivity index (χ0) is 20.1. The summed E-state index contributed by atoms with van der Waals surface area (Å²) in [4.78, 5) is 16.7. The lowest BCUT2D eigenvalue weighted by molar-refractivity contribution is 0.102. The van der Waals surface area contributed by atoms with Gasteiger partial charge in [-0.25, -0.2) is 4.98 Å². The molecule has 1 aliphatic heterocycles. The summed E-state index contributed by atoms with van der Waals surface area (Å²) < 4.78 is 12.4. The van der Waals surface area contributed by atoms with Gasteiger partial charge < -0.3 is 14.8 Å². The molecule has 2 aromatic carbocycles. The number of ether oxygens (including phenoxy) is 2. The first-order chi connectivity index (χ1) is 13.6. The highest BCUT2D eigenvalue weighted by atomic mass is 79.9. The van der Waals surface area contributed by atoms with Gasteiger partial charge >= 0.3 is 0 Å². The molecule has 0 bridgehead atoms. The Kier molecular flexibility index (Phi) is 6.70. The monoisotopic (exact) mass is 504 g/mol. The molecular weight excluding hydrogens is 488 g/mol. The van der Waals surface area contributed by atoms with Gasteiger partial charge in [-0.05, 0) is 52.3 Å². The largest absolute Gasteiger partial charge is 0.454 e. The van der Waals surface area contributed by atoms with Crippen LogP contribution in [0.5, 0.6) is 11.5 Å². The van der Waals surface area contributed by atoms with Gasteiger partial charge in [-0.3, -0.25) is 4.79 Å². The van der Waals surface area contributed by atoms with Gasteiger partial charge in [0.1, 0.15) is 5.82 Å². The normalized spacial score (nSPS) is 11.4. The van der Waals surface area contributed by atoms with Crippen molar-refractivity contribution in [3.8, 4) is 22.6 Å². The molecule has 1 aliphatic rings. The standard InChI is InChI=1S/C19H12Br2N2O3.C2H6/c20-14-4-2-1-3-12(14)19(24)23-18-6-5-11(9-22-18)13-7-16-17(8-15(13)21)26-10-25-16;1-2/h1-9H,10H2,(H,22,23,24);1-2H3. The van der Waals surface area contributed by atoms with Crippen molar-refractivity contribution in [2.75, 3.05) is 12.1 Å². The maximum atomic E-state index is 12.4. The van der Waals surface area contributed by atoms with E-state index in [0.717, 1.165) is 20.1 Å². The van der Waals surface area contributed by atoms with Crippen molar-refractivity contribution in [3.05, 3.63) is 69.2 Å². The molecule has 4 rings (SSSR count). The molecule has 1 amide bonds. The Hall–Kier alpha value is -2.38. The number of nitrogens with zero attached hydrogens (tertiary/aromatic N) is 1. The molecule has 0 radical (unpaired) electrons. The number of carbonyl (C=O) groups excluding carboxylic acids is 1. The Labute approximate surface area is 180 Å². The number of halogens is 2. The van der Waals surface area contributed by atoms with E-state index in [9.17, 15) is 4.79 Å². The van der Waals surface area contributed by atoms with Gasteiger partial charge in [-0.1, -0.05) is 41.9 Å². The molecule has 0 spiro atoms. The minimum absolute atomic E-state index is 0.220. The zero-order valence-electron chi connectivity index (χ0n) is 15.3.